The van der Waals surface area contributed by atoms with Crippen LogP contribution in [-0.4, -0.2) is 37.5 Å². The molecule has 1 aromatic heterocycles. The third kappa shape index (κ3) is 3.58. The van der Waals surface area contributed by atoms with Crippen LogP contribution in [-0.2, 0) is 23.6 Å². The SMILES string of the molecule is CNCCS(=O)(=O)NCc1cnn(C)c1C. The number of aryl methyl sites for hydroxylation is 1. The Bertz CT molecular complexity index is 438. The Morgan fingerprint density at radius 2 is 2.19 bits per heavy atom. The van der Waals surface area contributed by atoms with Gasteiger partial charge in [-0.3, -0.25) is 4.68 Å². The monoisotopic (exact) mass is 246 g/mol. The first kappa shape index (κ1) is 13.1. The molecule has 0 aliphatic carbocycles. The molecule has 6 nitrogen and oxygen atoms in total. The van der Waals surface area contributed by atoms with Crippen molar-refractivity contribution in [2.75, 3.05) is 19.3 Å². The van der Waals surface area contributed by atoms with E-state index in [1.807, 2.05) is 14.0 Å². The molecule has 92 valence electrons. The average molecular weight is 246 g/mol. The van der Waals surface area contributed by atoms with Crippen molar-refractivity contribution >= 4 is 10.0 Å². The van der Waals surface area contributed by atoms with Gasteiger partial charge in [-0.05, 0) is 14.0 Å². The fourth-order valence-electron chi connectivity index (χ4n) is 1.21. The number of nitrogens with one attached hydrogen (secondary N) is 2. The first-order chi connectivity index (χ1) is 7.46. The summed E-state index contributed by atoms with van der Waals surface area (Å²) in [6, 6.07) is 0. The minimum absolute atomic E-state index is 0.0861. The molecule has 0 aliphatic rings. The van der Waals surface area contributed by atoms with Gasteiger partial charge in [0.05, 0.1) is 11.9 Å². The van der Waals surface area contributed by atoms with E-state index >= 15 is 0 Å². The predicted octanol–water partition coefficient (Wildman–Crippen LogP) is -0.633. The van der Waals surface area contributed by atoms with Gasteiger partial charge in [0.2, 0.25) is 10.0 Å². The molecule has 7 heteroatoms. The highest BCUT2D eigenvalue weighted by Crippen LogP contribution is 2.05. The van der Waals surface area contributed by atoms with Gasteiger partial charge in [0.25, 0.3) is 0 Å². The van der Waals surface area contributed by atoms with Crippen LogP contribution in [0.4, 0.5) is 0 Å². The first-order valence-corrected chi connectivity index (χ1v) is 6.71. The minimum Gasteiger partial charge on any atom is -0.319 e. The topological polar surface area (TPSA) is 76.0 Å². The normalized spacial score (nSPS) is 11.9. The number of sulfonamides is 1. The highest BCUT2D eigenvalue weighted by molar-refractivity contribution is 7.89. The number of hydrogen-bond donors (Lipinski definition) is 2. The first-order valence-electron chi connectivity index (χ1n) is 5.05. The fraction of sp³-hybridized carbons (Fsp3) is 0.667. The van der Waals surface area contributed by atoms with Gasteiger partial charge in [0.15, 0.2) is 0 Å². The molecule has 16 heavy (non-hydrogen) atoms. The summed E-state index contributed by atoms with van der Waals surface area (Å²) in [6.07, 6.45) is 1.68. The number of hydrogen-bond acceptors (Lipinski definition) is 4. The summed E-state index contributed by atoms with van der Waals surface area (Å²) in [5.74, 6) is 0.0861. The molecular formula is C9H18N4O2S. The lowest BCUT2D eigenvalue weighted by Crippen LogP contribution is -2.30. The van der Waals surface area contributed by atoms with Crippen molar-refractivity contribution in [3.63, 3.8) is 0 Å². The summed E-state index contributed by atoms with van der Waals surface area (Å²) in [6.45, 7) is 2.65. The quantitative estimate of drug-likeness (QED) is 0.700. The van der Waals surface area contributed by atoms with Gasteiger partial charge in [-0.1, -0.05) is 0 Å². The number of nitrogens with zero attached hydrogens (tertiary/aromatic N) is 2. The van der Waals surface area contributed by atoms with Crippen LogP contribution in [0, 0.1) is 6.92 Å². The Hall–Kier alpha value is -0.920. The molecule has 0 fully saturated rings. The molecule has 0 aliphatic heterocycles. The van der Waals surface area contributed by atoms with Crippen molar-refractivity contribution in [2.45, 2.75) is 13.5 Å². The molecule has 0 amide bonds. The number of aromatic nitrogens is 2. The van der Waals surface area contributed by atoms with Crippen LogP contribution in [0.25, 0.3) is 0 Å². The lowest BCUT2D eigenvalue weighted by molar-refractivity contribution is 0.578. The summed E-state index contributed by atoms with van der Waals surface area (Å²) < 4.78 is 27.3. The second-order valence-corrected chi connectivity index (χ2v) is 5.55. The van der Waals surface area contributed by atoms with Crippen molar-refractivity contribution in [3.8, 4) is 0 Å². The zero-order valence-corrected chi connectivity index (χ0v) is 10.6. The molecule has 1 rings (SSSR count). The maximum absolute atomic E-state index is 11.5. The van der Waals surface area contributed by atoms with E-state index in [2.05, 4.69) is 15.1 Å². The molecular weight excluding hydrogens is 228 g/mol. The minimum atomic E-state index is -3.20. The molecule has 0 bridgehead atoms. The van der Waals surface area contributed by atoms with E-state index in [1.54, 1.807) is 17.9 Å². The van der Waals surface area contributed by atoms with Gasteiger partial charge < -0.3 is 5.32 Å². The van der Waals surface area contributed by atoms with E-state index < -0.39 is 10.0 Å². The average Bonchev–Trinajstić information content (AvgIpc) is 2.55. The van der Waals surface area contributed by atoms with Crippen LogP contribution in [0.2, 0.25) is 0 Å². The Morgan fingerprint density at radius 1 is 1.50 bits per heavy atom. The second kappa shape index (κ2) is 5.42. The Kier molecular flexibility index (Phi) is 4.45. The molecule has 0 atom stereocenters. The smallest absolute Gasteiger partial charge is 0.213 e. The zero-order chi connectivity index (χ0) is 12.2. The van der Waals surface area contributed by atoms with E-state index in [0.717, 1.165) is 11.3 Å². The van der Waals surface area contributed by atoms with Crippen molar-refractivity contribution in [2.24, 2.45) is 7.05 Å². The Labute approximate surface area is 96.1 Å². The third-order valence-corrected chi connectivity index (χ3v) is 3.77. The molecule has 1 aromatic rings. The standard InChI is InChI=1S/C9H18N4O2S/c1-8-9(6-11-13(8)3)7-12-16(14,15)5-4-10-2/h6,10,12H,4-5,7H2,1-3H3. The van der Waals surface area contributed by atoms with E-state index in [0.29, 0.717) is 13.1 Å². The molecule has 0 aromatic carbocycles. The summed E-state index contributed by atoms with van der Waals surface area (Å²) in [7, 11) is 0.352. The van der Waals surface area contributed by atoms with E-state index in [9.17, 15) is 8.42 Å². The van der Waals surface area contributed by atoms with Gasteiger partial charge in [0.1, 0.15) is 0 Å². The van der Waals surface area contributed by atoms with Crippen molar-refractivity contribution in [1.82, 2.24) is 19.8 Å². The van der Waals surface area contributed by atoms with Crippen LogP contribution in [0.5, 0.6) is 0 Å². The van der Waals surface area contributed by atoms with E-state index in [1.165, 1.54) is 0 Å². The molecule has 0 saturated carbocycles. The van der Waals surface area contributed by atoms with Gasteiger partial charge in [-0.2, -0.15) is 5.10 Å². The summed E-state index contributed by atoms with van der Waals surface area (Å²) >= 11 is 0. The van der Waals surface area contributed by atoms with Crippen LogP contribution in [0.3, 0.4) is 0 Å². The molecule has 0 spiro atoms. The van der Waals surface area contributed by atoms with Crippen LogP contribution in [0.15, 0.2) is 6.20 Å². The van der Waals surface area contributed by atoms with Gasteiger partial charge in [-0.25, -0.2) is 13.1 Å². The summed E-state index contributed by atoms with van der Waals surface area (Å²) in [4.78, 5) is 0. The number of rotatable bonds is 6. The largest absolute Gasteiger partial charge is 0.319 e. The highest BCUT2D eigenvalue weighted by atomic mass is 32.2. The lowest BCUT2D eigenvalue weighted by Gasteiger charge is -2.05. The van der Waals surface area contributed by atoms with E-state index in [4.69, 9.17) is 0 Å². The molecule has 0 radical (unpaired) electrons. The maximum atomic E-state index is 11.5. The van der Waals surface area contributed by atoms with Crippen molar-refractivity contribution in [3.05, 3.63) is 17.5 Å². The third-order valence-electron chi connectivity index (χ3n) is 2.44. The van der Waals surface area contributed by atoms with Gasteiger partial charge in [-0.15, -0.1) is 0 Å². The van der Waals surface area contributed by atoms with Gasteiger partial charge >= 0.3 is 0 Å². The zero-order valence-electron chi connectivity index (χ0n) is 9.82. The summed E-state index contributed by atoms with van der Waals surface area (Å²) in [5, 5.41) is 6.85. The molecule has 0 unspecified atom stereocenters. The van der Waals surface area contributed by atoms with Crippen LogP contribution < -0.4 is 10.0 Å². The van der Waals surface area contributed by atoms with Crippen LogP contribution >= 0.6 is 0 Å². The lowest BCUT2D eigenvalue weighted by atomic mass is 10.3. The van der Waals surface area contributed by atoms with Crippen LogP contribution in [0.1, 0.15) is 11.3 Å². The molecule has 0 saturated heterocycles. The maximum Gasteiger partial charge on any atom is 0.213 e. The summed E-state index contributed by atoms with van der Waals surface area (Å²) in [5.41, 5.74) is 1.87. The van der Waals surface area contributed by atoms with Gasteiger partial charge in [0, 0.05) is 31.4 Å². The highest BCUT2D eigenvalue weighted by Gasteiger charge is 2.11. The second-order valence-electron chi connectivity index (χ2n) is 3.62. The molecule has 1 heterocycles. The molecule has 2 N–H and O–H groups in total. The van der Waals surface area contributed by atoms with Crippen molar-refractivity contribution in [1.29, 1.82) is 0 Å². The predicted molar refractivity (Wildman–Crippen MR) is 62.5 cm³/mol. The van der Waals surface area contributed by atoms with E-state index in [-0.39, 0.29) is 5.75 Å². The fourth-order valence-corrected chi connectivity index (χ4v) is 2.21. The Balaban J connectivity index is 2.54. The Morgan fingerprint density at radius 3 is 2.69 bits per heavy atom. The van der Waals surface area contributed by atoms with Crippen molar-refractivity contribution < 1.29 is 8.42 Å².